The SMILES string of the molecule is O=C(CCCc1ccccc1Oc1cccc(Cl)c1)c1ccc(Oc2cc3c(cc2Cl)C(C(=O)[O-])CCO3)cc1.[Na+]. The number of aliphatic carboxylic acids is 1. The molecule has 41 heavy (non-hydrogen) atoms. The van der Waals surface area contributed by atoms with Crippen LogP contribution < -0.4 is 48.9 Å². The topological polar surface area (TPSA) is 84.9 Å². The summed E-state index contributed by atoms with van der Waals surface area (Å²) in [5, 5.41) is 12.3. The van der Waals surface area contributed by atoms with E-state index in [1.54, 1.807) is 48.5 Å². The van der Waals surface area contributed by atoms with E-state index in [0.717, 1.165) is 11.3 Å². The normalized spacial score (nSPS) is 13.8. The van der Waals surface area contributed by atoms with Crippen molar-refractivity contribution in [3.05, 3.63) is 112 Å². The zero-order valence-corrected chi connectivity index (χ0v) is 25.9. The first-order valence-corrected chi connectivity index (χ1v) is 13.6. The number of carboxylic acids is 1. The molecule has 5 rings (SSSR count). The smallest absolute Gasteiger partial charge is 0.549 e. The van der Waals surface area contributed by atoms with Gasteiger partial charge in [0.1, 0.15) is 28.7 Å². The maximum Gasteiger partial charge on any atom is 1.00 e. The van der Waals surface area contributed by atoms with Crippen molar-refractivity contribution in [2.75, 3.05) is 6.61 Å². The molecule has 0 radical (unpaired) electrons. The van der Waals surface area contributed by atoms with Crippen molar-refractivity contribution in [3.8, 4) is 28.7 Å². The molecule has 0 aliphatic carbocycles. The quantitative estimate of drug-likeness (QED) is 0.199. The summed E-state index contributed by atoms with van der Waals surface area (Å²) in [6.45, 7) is 0.268. The number of fused-ring (bicyclic) bond motifs is 1. The summed E-state index contributed by atoms with van der Waals surface area (Å²) in [4.78, 5) is 24.3. The number of ether oxygens (including phenoxy) is 3. The molecule has 6 nitrogen and oxygen atoms in total. The van der Waals surface area contributed by atoms with Gasteiger partial charge in [-0.2, -0.15) is 0 Å². The molecule has 204 valence electrons. The number of halogens is 2. The molecule has 1 atom stereocenters. The molecule has 0 saturated heterocycles. The number of Topliss-reactive ketones (excluding diaryl/α,β-unsaturated/α-hetero) is 1. The van der Waals surface area contributed by atoms with Gasteiger partial charge in [0.15, 0.2) is 5.78 Å². The first-order chi connectivity index (χ1) is 19.4. The van der Waals surface area contributed by atoms with Crippen LogP contribution >= 0.6 is 23.2 Å². The first-order valence-electron chi connectivity index (χ1n) is 12.9. The number of carboxylic acid groups (broad SMARTS) is 1. The third-order valence-corrected chi connectivity index (χ3v) is 7.17. The second-order valence-electron chi connectivity index (χ2n) is 9.40. The van der Waals surface area contributed by atoms with Gasteiger partial charge in [0.2, 0.25) is 0 Å². The molecule has 0 saturated carbocycles. The van der Waals surface area contributed by atoms with Gasteiger partial charge in [0, 0.05) is 40.5 Å². The zero-order valence-electron chi connectivity index (χ0n) is 22.4. The monoisotopic (exact) mass is 598 g/mol. The number of rotatable bonds is 10. The van der Waals surface area contributed by atoms with Crippen LogP contribution in [-0.4, -0.2) is 18.4 Å². The van der Waals surface area contributed by atoms with E-state index >= 15 is 0 Å². The molecule has 4 aromatic rings. The van der Waals surface area contributed by atoms with E-state index in [4.69, 9.17) is 37.4 Å². The maximum atomic E-state index is 12.8. The zero-order chi connectivity index (χ0) is 28.1. The van der Waals surface area contributed by atoms with E-state index in [1.165, 1.54) is 0 Å². The Morgan fingerprint density at radius 1 is 0.878 bits per heavy atom. The predicted molar refractivity (Wildman–Crippen MR) is 151 cm³/mol. The van der Waals surface area contributed by atoms with Crippen molar-refractivity contribution in [2.24, 2.45) is 0 Å². The van der Waals surface area contributed by atoms with Crippen LogP contribution in [-0.2, 0) is 11.2 Å². The number of hydrogen-bond donors (Lipinski definition) is 0. The summed E-state index contributed by atoms with van der Waals surface area (Å²) >= 11 is 12.4. The molecule has 0 amide bonds. The average Bonchev–Trinajstić information content (AvgIpc) is 2.94. The van der Waals surface area contributed by atoms with Crippen molar-refractivity contribution >= 4 is 35.0 Å². The van der Waals surface area contributed by atoms with Crippen LogP contribution in [0.25, 0.3) is 0 Å². The average molecular weight is 599 g/mol. The number of ketones is 1. The van der Waals surface area contributed by atoms with E-state index in [2.05, 4.69) is 0 Å². The summed E-state index contributed by atoms with van der Waals surface area (Å²) < 4.78 is 17.5. The minimum absolute atomic E-state index is 0. The fourth-order valence-corrected chi connectivity index (χ4v) is 4.99. The molecule has 0 N–H and O–H groups in total. The van der Waals surface area contributed by atoms with Crippen molar-refractivity contribution < 1.29 is 58.5 Å². The molecule has 1 unspecified atom stereocenters. The molecule has 1 aliphatic heterocycles. The van der Waals surface area contributed by atoms with Gasteiger partial charge >= 0.3 is 29.6 Å². The standard InChI is InChI=1S/C32H26Cl2O6.Na/c33-22-7-4-8-24(17-22)40-29-10-2-1-5-21(29)6-3-9-28(35)20-11-13-23(14-12-20)39-31-19-30-26(18-27(31)34)25(32(36)37)15-16-38-30;/h1-2,4-5,7-8,10-14,17-19,25H,3,6,9,15-16H2,(H,36,37);/q;+1/p-1. The van der Waals surface area contributed by atoms with Gasteiger partial charge in [-0.1, -0.05) is 47.5 Å². The van der Waals surface area contributed by atoms with Crippen LogP contribution in [0.3, 0.4) is 0 Å². The molecule has 9 heteroatoms. The van der Waals surface area contributed by atoms with Gasteiger partial charge in [-0.25, -0.2) is 0 Å². The molecule has 0 aromatic heterocycles. The van der Waals surface area contributed by atoms with Gasteiger partial charge in [-0.05, 0) is 79.4 Å². The van der Waals surface area contributed by atoms with Crippen LogP contribution in [0.5, 0.6) is 28.7 Å². The van der Waals surface area contributed by atoms with Gasteiger partial charge in [-0.15, -0.1) is 0 Å². The van der Waals surface area contributed by atoms with E-state index in [1.807, 2.05) is 36.4 Å². The second-order valence-corrected chi connectivity index (χ2v) is 10.2. The molecular formula is C32H25Cl2NaO6. The first kappa shape index (κ1) is 30.9. The Hall–Kier alpha value is -3.00. The van der Waals surface area contributed by atoms with Gasteiger partial charge in [0.25, 0.3) is 0 Å². The molecule has 1 aliphatic rings. The Bertz CT molecular complexity index is 1540. The molecular weight excluding hydrogens is 574 g/mol. The Morgan fingerprint density at radius 3 is 2.39 bits per heavy atom. The number of para-hydroxylation sites is 1. The Balaban J connectivity index is 0.00000387. The largest absolute Gasteiger partial charge is 1.00 e. The number of aryl methyl sites for hydroxylation is 1. The maximum absolute atomic E-state index is 12.8. The van der Waals surface area contributed by atoms with Gasteiger partial charge in [0.05, 0.1) is 11.6 Å². The van der Waals surface area contributed by atoms with Gasteiger partial charge < -0.3 is 24.1 Å². The second kappa shape index (κ2) is 14.3. The number of carbonyl (C=O) groups is 2. The molecule has 0 spiro atoms. The van der Waals surface area contributed by atoms with E-state index < -0.39 is 11.9 Å². The van der Waals surface area contributed by atoms with E-state index in [0.29, 0.717) is 64.8 Å². The summed E-state index contributed by atoms with van der Waals surface area (Å²) in [7, 11) is 0. The van der Waals surface area contributed by atoms with Gasteiger partial charge in [-0.3, -0.25) is 4.79 Å². The van der Waals surface area contributed by atoms with E-state index in [9.17, 15) is 14.7 Å². The van der Waals surface area contributed by atoms with E-state index in [-0.39, 0.29) is 47.0 Å². The van der Waals surface area contributed by atoms with Crippen molar-refractivity contribution in [1.29, 1.82) is 0 Å². The molecule has 1 heterocycles. The van der Waals surface area contributed by atoms with Crippen molar-refractivity contribution in [1.82, 2.24) is 0 Å². The molecule has 4 aromatic carbocycles. The third-order valence-electron chi connectivity index (χ3n) is 6.64. The summed E-state index contributed by atoms with van der Waals surface area (Å²) in [5.41, 5.74) is 2.06. The third kappa shape index (κ3) is 7.85. The summed E-state index contributed by atoms with van der Waals surface area (Å²) in [5.74, 6) is 0.702. The number of hydrogen-bond acceptors (Lipinski definition) is 6. The van der Waals surface area contributed by atoms with Crippen LogP contribution in [0, 0.1) is 0 Å². The molecule has 0 fully saturated rings. The predicted octanol–water partition coefficient (Wildman–Crippen LogP) is 4.40. The number of benzene rings is 4. The fourth-order valence-electron chi connectivity index (χ4n) is 4.60. The number of carbonyl (C=O) groups excluding carboxylic acids is 2. The Morgan fingerprint density at radius 2 is 1.63 bits per heavy atom. The van der Waals surface area contributed by atoms with Crippen LogP contribution in [0.2, 0.25) is 10.0 Å². The summed E-state index contributed by atoms with van der Waals surface area (Å²) in [6, 6.07) is 24.9. The molecule has 0 bridgehead atoms. The Labute approximate surface area is 270 Å². The fraction of sp³-hybridized carbons (Fsp3) is 0.188. The van der Waals surface area contributed by atoms with Crippen LogP contribution in [0.1, 0.15) is 46.7 Å². The van der Waals surface area contributed by atoms with Crippen LogP contribution in [0.4, 0.5) is 0 Å². The minimum atomic E-state index is -1.16. The Kier molecular flexibility index (Phi) is 10.8. The van der Waals surface area contributed by atoms with Crippen LogP contribution in [0.15, 0.2) is 84.9 Å². The minimum Gasteiger partial charge on any atom is -0.549 e. The van der Waals surface area contributed by atoms with Crippen molar-refractivity contribution in [3.63, 3.8) is 0 Å². The van der Waals surface area contributed by atoms with Crippen molar-refractivity contribution in [2.45, 2.75) is 31.6 Å². The summed E-state index contributed by atoms with van der Waals surface area (Å²) in [6.07, 6.45) is 2.04.